The normalized spacial score (nSPS) is 22.8. The van der Waals surface area contributed by atoms with Crippen molar-refractivity contribution in [1.82, 2.24) is 5.32 Å². The van der Waals surface area contributed by atoms with Crippen molar-refractivity contribution in [3.63, 3.8) is 0 Å². The maximum atomic E-state index is 12.7. The molecule has 29 heavy (non-hydrogen) atoms. The number of amides is 1. The van der Waals surface area contributed by atoms with E-state index in [9.17, 15) is 9.59 Å². The van der Waals surface area contributed by atoms with E-state index in [1.54, 1.807) is 0 Å². The molecule has 0 aromatic heterocycles. The molecule has 0 aliphatic heterocycles. The molecular weight excluding hydrogens is 362 g/mol. The Balaban J connectivity index is 2.07. The van der Waals surface area contributed by atoms with E-state index in [2.05, 4.69) is 66.8 Å². The second kappa shape index (κ2) is 8.89. The second-order valence-electron chi connectivity index (χ2n) is 10.8. The van der Waals surface area contributed by atoms with E-state index < -0.39 is 5.97 Å². The Hall–Kier alpha value is -1.84. The quantitative estimate of drug-likeness (QED) is 0.689. The van der Waals surface area contributed by atoms with Crippen molar-refractivity contribution in [2.75, 3.05) is 6.61 Å². The summed E-state index contributed by atoms with van der Waals surface area (Å²) in [6.07, 6.45) is 3.34. The van der Waals surface area contributed by atoms with Crippen LogP contribution in [0, 0.1) is 11.8 Å². The number of rotatable bonds is 4. The third-order valence-corrected chi connectivity index (χ3v) is 6.29. The van der Waals surface area contributed by atoms with Gasteiger partial charge in [-0.25, -0.2) is 4.79 Å². The van der Waals surface area contributed by atoms with Gasteiger partial charge in [0, 0.05) is 6.04 Å². The Morgan fingerprint density at radius 2 is 1.52 bits per heavy atom. The van der Waals surface area contributed by atoms with Crippen molar-refractivity contribution in [2.24, 2.45) is 11.8 Å². The van der Waals surface area contributed by atoms with Crippen LogP contribution in [0.25, 0.3) is 0 Å². The number of ether oxygens (including phenoxy) is 1. The van der Waals surface area contributed by atoms with Gasteiger partial charge in [-0.05, 0) is 52.3 Å². The van der Waals surface area contributed by atoms with Gasteiger partial charge in [0.25, 0.3) is 5.91 Å². The van der Waals surface area contributed by atoms with Gasteiger partial charge in [-0.1, -0.05) is 74.3 Å². The van der Waals surface area contributed by atoms with Crippen LogP contribution in [0.4, 0.5) is 0 Å². The number of carbonyl (C=O) groups is 2. The van der Waals surface area contributed by atoms with Gasteiger partial charge in [-0.15, -0.1) is 0 Å². The van der Waals surface area contributed by atoms with Gasteiger partial charge in [0.1, 0.15) is 0 Å². The van der Waals surface area contributed by atoms with Crippen LogP contribution < -0.4 is 5.32 Å². The first-order valence-corrected chi connectivity index (χ1v) is 10.9. The predicted octanol–water partition coefficient (Wildman–Crippen LogP) is 5.38. The molecule has 1 saturated carbocycles. The Morgan fingerprint density at radius 1 is 0.966 bits per heavy atom. The summed E-state index contributed by atoms with van der Waals surface area (Å²) in [6, 6.07) is 6.11. The summed E-state index contributed by atoms with van der Waals surface area (Å²) in [7, 11) is 0. The average Bonchev–Trinajstić information content (AvgIpc) is 2.61. The van der Waals surface area contributed by atoms with Crippen LogP contribution >= 0.6 is 0 Å². The summed E-state index contributed by atoms with van der Waals surface area (Å²) in [5, 5.41) is 3.06. The van der Waals surface area contributed by atoms with Crippen LogP contribution in [-0.4, -0.2) is 24.5 Å². The number of hydrogen-bond acceptors (Lipinski definition) is 3. The molecule has 0 heterocycles. The molecule has 0 bridgehead atoms. The van der Waals surface area contributed by atoms with Gasteiger partial charge >= 0.3 is 5.97 Å². The minimum absolute atomic E-state index is 0.0819. The molecule has 2 rings (SSSR count). The number of benzene rings is 1. The van der Waals surface area contributed by atoms with Crippen molar-refractivity contribution in [3.05, 3.63) is 34.9 Å². The molecule has 0 radical (unpaired) electrons. The van der Waals surface area contributed by atoms with E-state index >= 15 is 0 Å². The zero-order valence-electron chi connectivity index (χ0n) is 19.5. The highest BCUT2D eigenvalue weighted by Crippen LogP contribution is 2.31. The SMILES string of the molecule is C[C@H]1[C@H](C)CCC[C@@H]1NC(=O)COC(=O)c1cc(C(C)(C)C)cc(C(C)(C)C)c1. The first kappa shape index (κ1) is 23.4. The molecule has 0 unspecified atom stereocenters. The number of esters is 1. The lowest BCUT2D eigenvalue weighted by atomic mass is 9.78. The minimum atomic E-state index is -0.443. The molecular formula is C25H39NO3. The largest absolute Gasteiger partial charge is 0.452 e. The van der Waals surface area contributed by atoms with E-state index in [4.69, 9.17) is 4.74 Å². The maximum absolute atomic E-state index is 12.7. The van der Waals surface area contributed by atoms with E-state index in [0.717, 1.165) is 24.0 Å². The fourth-order valence-electron chi connectivity index (χ4n) is 3.86. The number of hydrogen-bond donors (Lipinski definition) is 1. The molecule has 1 aromatic rings. The van der Waals surface area contributed by atoms with E-state index in [1.807, 2.05) is 12.1 Å². The summed E-state index contributed by atoms with van der Waals surface area (Å²) in [5.74, 6) is 0.392. The van der Waals surface area contributed by atoms with Crippen LogP contribution in [0.2, 0.25) is 0 Å². The van der Waals surface area contributed by atoms with Crippen molar-refractivity contribution >= 4 is 11.9 Å². The fraction of sp³-hybridized carbons (Fsp3) is 0.680. The zero-order chi connectivity index (χ0) is 22.0. The van der Waals surface area contributed by atoms with Crippen molar-refractivity contribution in [3.8, 4) is 0 Å². The third-order valence-electron chi connectivity index (χ3n) is 6.29. The summed E-state index contributed by atoms with van der Waals surface area (Å²) in [5.41, 5.74) is 2.52. The van der Waals surface area contributed by atoms with Crippen molar-refractivity contribution < 1.29 is 14.3 Å². The molecule has 1 N–H and O–H groups in total. The summed E-state index contributed by atoms with van der Waals surface area (Å²) >= 11 is 0. The molecule has 1 amide bonds. The van der Waals surface area contributed by atoms with E-state index in [0.29, 0.717) is 17.4 Å². The summed E-state index contributed by atoms with van der Waals surface area (Å²) in [4.78, 5) is 25.1. The molecule has 1 aliphatic rings. The molecule has 0 saturated heterocycles. The Bertz CT molecular complexity index is 707. The van der Waals surface area contributed by atoms with E-state index in [1.165, 1.54) is 6.42 Å². The van der Waals surface area contributed by atoms with Crippen LogP contribution in [-0.2, 0) is 20.4 Å². The van der Waals surface area contributed by atoms with Crippen molar-refractivity contribution in [1.29, 1.82) is 0 Å². The topological polar surface area (TPSA) is 55.4 Å². The molecule has 1 aliphatic carbocycles. The molecule has 1 fully saturated rings. The van der Waals surface area contributed by atoms with Crippen LogP contribution in [0.5, 0.6) is 0 Å². The van der Waals surface area contributed by atoms with Gasteiger partial charge in [0.05, 0.1) is 5.56 Å². The van der Waals surface area contributed by atoms with Gasteiger partial charge in [-0.3, -0.25) is 4.79 Å². The van der Waals surface area contributed by atoms with Gasteiger partial charge in [-0.2, -0.15) is 0 Å². The predicted molar refractivity (Wildman–Crippen MR) is 118 cm³/mol. The van der Waals surface area contributed by atoms with Crippen LogP contribution in [0.3, 0.4) is 0 Å². The van der Waals surface area contributed by atoms with Gasteiger partial charge in [0.2, 0.25) is 0 Å². The third kappa shape index (κ3) is 6.32. The molecule has 4 nitrogen and oxygen atoms in total. The lowest BCUT2D eigenvalue weighted by Gasteiger charge is -2.34. The first-order chi connectivity index (χ1) is 13.3. The molecule has 1 aromatic carbocycles. The highest BCUT2D eigenvalue weighted by atomic mass is 16.5. The highest BCUT2D eigenvalue weighted by Gasteiger charge is 2.28. The first-order valence-electron chi connectivity index (χ1n) is 10.9. The molecule has 4 heteroatoms. The van der Waals surface area contributed by atoms with Crippen LogP contribution in [0.1, 0.15) is 96.1 Å². The minimum Gasteiger partial charge on any atom is -0.452 e. The Kier molecular flexibility index (Phi) is 7.19. The smallest absolute Gasteiger partial charge is 0.338 e. The Labute approximate surface area is 176 Å². The number of nitrogens with one attached hydrogen (secondary N) is 1. The van der Waals surface area contributed by atoms with Gasteiger partial charge in [0.15, 0.2) is 6.61 Å². The monoisotopic (exact) mass is 401 g/mol. The molecule has 0 spiro atoms. The summed E-state index contributed by atoms with van der Waals surface area (Å²) in [6.45, 7) is 17.0. The highest BCUT2D eigenvalue weighted by molar-refractivity contribution is 5.92. The summed E-state index contributed by atoms with van der Waals surface area (Å²) < 4.78 is 5.38. The van der Waals surface area contributed by atoms with Crippen molar-refractivity contribution in [2.45, 2.75) is 91.5 Å². The average molecular weight is 402 g/mol. The van der Waals surface area contributed by atoms with E-state index in [-0.39, 0.29) is 29.4 Å². The lowest BCUT2D eigenvalue weighted by Crippen LogP contribution is -2.45. The zero-order valence-corrected chi connectivity index (χ0v) is 19.5. The van der Waals surface area contributed by atoms with Gasteiger partial charge < -0.3 is 10.1 Å². The molecule has 3 atom stereocenters. The lowest BCUT2D eigenvalue weighted by molar-refractivity contribution is -0.125. The fourth-order valence-corrected chi connectivity index (χ4v) is 3.86. The maximum Gasteiger partial charge on any atom is 0.338 e. The number of carbonyl (C=O) groups excluding carboxylic acids is 2. The second-order valence-corrected chi connectivity index (χ2v) is 10.8. The molecule has 162 valence electrons. The Morgan fingerprint density at radius 3 is 2.03 bits per heavy atom. The van der Waals surface area contributed by atoms with Crippen LogP contribution in [0.15, 0.2) is 18.2 Å². The standard InChI is InChI=1S/C25H39NO3/c1-16-10-9-11-21(17(16)2)26-22(27)15-29-23(28)18-12-19(24(3,4)5)14-20(13-18)25(6,7)8/h12-14,16-17,21H,9-11,15H2,1-8H3,(H,26,27)/t16-,17+,21+/m1/s1.